The molecule has 9 heteroatoms. The van der Waals surface area contributed by atoms with Crippen molar-refractivity contribution < 1.29 is 27.4 Å². The summed E-state index contributed by atoms with van der Waals surface area (Å²) in [6, 6.07) is 7.35. The molecule has 2 rings (SSSR count). The third kappa shape index (κ3) is 4.95. The van der Waals surface area contributed by atoms with E-state index in [4.69, 9.17) is 21.1 Å². The van der Waals surface area contributed by atoms with Gasteiger partial charge < -0.3 is 20.1 Å². The van der Waals surface area contributed by atoms with Gasteiger partial charge in [-0.1, -0.05) is 17.7 Å². The number of nitrogens with one attached hydrogen (secondary N) is 2. The maximum Gasteiger partial charge on any atom is 0.418 e. The van der Waals surface area contributed by atoms with Crippen LogP contribution in [0.15, 0.2) is 36.4 Å². The normalized spacial score (nSPS) is 11.0. The molecule has 5 nitrogen and oxygen atoms in total. The van der Waals surface area contributed by atoms with E-state index in [2.05, 4.69) is 10.6 Å². The molecule has 0 saturated carbocycles. The van der Waals surface area contributed by atoms with Crippen molar-refractivity contribution >= 4 is 23.3 Å². The Labute approximate surface area is 153 Å². The first-order chi connectivity index (χ1) is 12.2. The monoisotopic (exact) mass is 388 g/mol. The van der Waals surface area contributed by atoms with Gasteiger partial charge in [0.05, 0.1) is 25.5 Å². The number of benzene rings is 2. The fourth-order valence-corrected chi connectivity index (χ4v) is 2.37. The average molecular weight is 389 g/mol. The van der Waals surface area contributed by atoms with Crippen LogP contribution in [0.3, 0.4) is 0 Å². The van der Waals surface area contributed by atoms with Crippen molar-refractivity contribution in [2.45, 2.75) is 12.7 Å². The molecule has 2 aromatic carbocycles. The standard InChI is InChI=1S/C17H16ClF3N2O3/c1-25-14-6-3-10(7-15(14)26-2)9-22-16(24)23-13-5-4-11(18)8-12(13)17(19,20)21/h3-8H,9H2,1-2H3,(H2,22,23,24). The van der Waals surface area contributed by atoms with Crippen molar-refractivity contribution in [1.29, 1.82) is 0 Å². The summed E-state index contributed by atoms with van der Waals surface area (Å²) in [4.78, 5) is 11.9. The molecule has 0 bridgehead atoms. The quantitative estimate of drug-likeness (QED) is 0.780. The summed E-state index contributed by atoms with van der Waals surface area (Å²) in [7, 11) is 2.97. The first-order valence-corrected chi connectivity index (χ1v) is 7.75. The number of ether oxygens (including phenoxy) is 2. The number of methoxy groups -OCH3 is 2. The molecule has 0 unspecified atom stereocenters. The Kier molecular flexibility index (Phi) is 6.20. The predicted octanol–water partition coefficient (Wildman–Crippen LogP) is 4.70. The van der Waals surface area contributed by atoms with Gasteiger partial charge in [-0.15, -0.1) is 0 Å². The van der Waals surface area contributed by atoms with E-state index in [0.29, 0.717) is 17.1 Å². The third-order valence-electron chi connectivity index (χ3n) is 3.44. The molecule has 0 aromatic heterocycles. The second kappa shape index (κ2) is 8.18. The van der Waals surface area contributed by atoms with Gasteiger partial charge in [-0.3, -0.25) is 0 Å². The number of urea groups is 1. The lowest BCUT2D eigenvalue weighted by molar-refractivity contribution is -0.136. The van der Waals surface area contributed by atoms with Crippen LogP contribution in [0.25, 0.3) is 0 Å². The molecule has 0 heterocycles. The lowest BCUT2D eigenvalue weighted by Gasteiger charge is -2.15. The van der Waals surface area contributed by atoms with Gasteiger partial charge in [-0.25, -0.2) is 4.79 Å². The van der Waals surface area contributed by atoms with E-state index in [-0.39, 0.29) is 17.3 Å². The fourth-order valence-electron chi connectivity index (χ4n) is 2.20. The number of alkyl halides is 3. The lowest BCUT2D eigenvalue weighted by atomic mass is 10.1. The highest BCUT2D eigenvalue weighted by Gasteiger charge is 2.34. The molecule has 0 atom stereocenters. The number of anilines is 1. The molecule has 2 amide bonds. The molecule has 26 heavy (non-hydrogen) atoms. The van der Waals surface area contributed by atoms with E-state index in [0.717, 1.165) is 12.1 Å². The van der Waals surface area contributed by atoms with Gasteiger partial charge in [0.15, 0.2) is 11.5 Å². The van der Waals surface area contributed by atoms with Crippen molar-refractivity contribution in [3.63, 3.8) is 0 Å². The number of halogens is 4. The molecule has 0 spiro atoms. The molecule has 0 radical (unpaired) electrons. The zero-order valence-corrected chi connectivity index (χ0v) is 14.7. The van der Waals surface area contributed by atoms with Gasteiger partial charge in [0.2, 0.25) is 0 Å². The van der Waals surface area contributed by atoms with E-state index in [1.54, 1.807) is 18.2 Å². The van der Waals surface area contributed by atoms with E-state index >= 15 is 0 Å². The first kappa shape index (κ1) is 19.7. The summed E-state index contributed by atoms with van der Waals surface area (Å²) in [6.07, 6.45) is -4.64. The summed E-state index contributed by atoms with van der Waals surface area (Å²) < 4.78 is 49.3. The van der Waals surface area contributed by atoms with Gasteiger partial charge in [0, 0.05) is 11.6 Å². The maximum absolute atomic E-state index is 13.0. The summed E-state index contributed by atoms with van der Waals surface area (Å²) in [5.74, 6) is 1.00. The Hall–Kier alpha value is -2.61. The van der Waals surface area contributed by atoms with Crippen molar-refractivity contribution in [1.82, 2.24) is 5.32 Å². The van der Waals surface area contributed by atoms with E-state index in [1.807, 2.05) is 0 Å². The number of rotatable bonds is 5. The molecule has 0 aliphatic rings. The predicted molar refractivity (Wildman–Crippen MR) is 91.9 cm³/mol. The Morgan fingerprint density at radius 2 is 1.77 bits per heavy atom. The number of amides is 2. The summed E-state index contributed by atoms with van der Waals surface area (Å²) in [6.45, 7) is 0.0845. The Balaban J connectivity index is 2.06. The molecule has 140 valence electrons. The molecule has 0 fully saturated rings. The van der Waals surface area contributed by atoms with Crippen LogP contribution in [0.5, 0.6) is 11.5 Å². The highest BCUT2D eigenvalue weighted by atomic mass is 35.5. The van der Waals surface area contributed by atoms with Crippen LogP contribution >= 0.6 is 11.6 Å². The highest BCUT2D eigenvalue weighted by Crippen LogP contribution is 2.36. The number of carbonyl (C=O) groups excluding carboxylic acids is 1. The highest BCUT2D eigenvalue weighted by molar-refractivity contribution is 6.30. The average Bonchev–Trinajstić information content (AvgIpc) is 2.60. The minimum atomic E-state index is -4.64. The molecule has 2 N–H and O–H groups in total. The molecular formula is C17H16ClF3N2O3. The van der Waals surface area contributed by atoms with Gasteiger partial charge in [-0.05, 0) is 35.9 Å². The number of hydrogen-bond acceptors (Lipinski definition) is 3. The van der Waals surface area contributed by atoms with Crippen molar-refractivity contribution in [2.24, 2.45) is 0 Å². The molecular weight excluding hydrogens is 373 g/mol. The van der Waals surface area contributed by atoms with Gasteiger partial charge >= 0.3 is 12.2 Å². The van der Waals surface area contributed by atoms with Crippen LogP contribution in [-0.4, -0.2) is 20.3 Å². The van der Waals surface area contributed by atoms with E-state index in [1.165, 1.54) is 20.3 Å². The van der Waals surface area contributed by atoms with Crippen LogP contribution in [0, 0.1) is 0 Å². The third-order valence-corrected chi connectivity index (χ3v) is 3.67. The van der Waals surface area contributed by atoms with Crippen LogP contribution in [0.2, 0.25) is 5.02 Å². The molecule has 0 saturated heterocycles. The van der Waals surface area contributed by atoms with Crippen LogP contribution in [-0.2, 0) is 12.7 Å². The van der Waals surface area contributed by atoms with Crippen molar-refractivity contribution in [2.75, 3.05) is 19.5 Å². The first-order valence-electron chi connectivity index (χ1n) is 7.37. The number of carbonyl (C=O) groups is 1. The SMILES string of the molecule is COc1ccc(CNC(=O)Nc2ccc(Cl)cc2C(F)(F)F)cc1OC. The fraction of sp³-hybridized carbons (Fsp3) is 0.235. The topological polar surface area (TPSA) is 59.6 Å². The van der Waals surface area contributed by atoms with Crippen molar-refractivity contribution in [3.05, 3.63) is 52.5 Å². The Bertz CT molecular complexity index is 797. The zero-order chi connectivity index (χ0) is 19.3. The van der Waals surface area contributed by atoms with Crippen molar-refractivity contribution in [3.8, 4) is 11.5 Å². The number of hydrogen-bond donors (Lipinski definition) is 2. The van der Waals surface area contributed by atoms with E-state index in [9.17, 15) is 18.0 Å². The summed E-state index contributed by atoms with van der Waals surface area (Å²) >= 11 is 5.60. The minimum absolute atomic E-state index is 0.0754. The van der Waals surface area contributed by atoms with Gasteiger partial charge in [-0.2, -0.15) is 13.2 Å². The zero-order valence-electron chi connectivity index (χ0n) is 13.9. The summed E-state index contributed by atoms with van der Waals surface area (Å²) in [5, 5.41) is 4.59. The summed E-state index contributed by atoms with van der Waals surface area (Å²) in [5.41, 5.74) is -0.720. The van der Waals surface area contributed by atoms with Crippen LogP contribution in [0.4, 0.5) is 23.7 Å². The molecule has 0 aliphatic carbocycles. The minimum Gasteiger partial charge on any atom is -0.493 e. The smallest absolute Gasteiger partial charge is 0.418 e. The largest absolute Gasteiger partial charge is 0.493 e. The van der Waals surface area contributed by atoms with Gasteiger partial charge in [0.25, 0.3) is 0 Å². The molecule has 2 aromatic rings. The maximum atomic E-state index is 13.0. The second-order valence-electron chi connectivity index (χ2n) is 5.18. The lowest BCUT2D eigenvalue weighted by Crippen LogP contribution is -2.29. The van der Waals surface area contributed by atoms with Crippen LogP contribution in [0.1, 0.15) is 11.1 Å². The Morgan fingerprint density at radius 3 is 2.38 bits per heavy atom. The Morgan fingerprint density at radius 1 is 1.08 bits per heavy atom. The van der Waals surface area contributed by atoms with Gasteiger partial charge in [0.1, 0.15) is 0 Å². The van der Waals surface area contributed by atoms with Crippen LogP contribution < -0.4 is 20.1 Å². The molecule has 0 aliphatic heterocycles. The van der Waals surface area contributed by atoms with E-state index < -0.39 is 17.8 Å². The second-order valence-corrected chi connectivity index (χ2v) is 5.62.